The second kappa shape index (κ2) is 10.6. The van der Waals surface area contributed by atoms with Gasteiger partial charge in [0.05, 0.1) is 0 Å². The molecule has 8 nitrogen and oxygen atoms in total. The molecule has 0 spiro atoms. The lowest BCUT2D eigenvalue weighted by Crippen LogP contribution is -2.31. The van der Waals surface area contributed by atoms with Crippen molar-refractivity contribution >= 4 is 18.0 Å². The number of nitrogens with one attached hydrogen (secondary N) is 2. The van der Waals surface area contributed by atoms with Crippen molar-refractivity contribution in [1.82, 2.24) is 10.6 Å². The second-order valence-electron chi connectivity index (χ2n) is 7.49. The fourth-order valence-electron chi connectivity index (χ4n) is 3.61. The molecule has 0 heterocycles. The summed E-state index contributed by atoms with van der Waals surface area (Å²) in [7, 11) is 0. The van der Waals surface area contributed by atoms with E-state index in [9.17, 15) is 19.5 Å². The summed E-state index contributed by atoms with van der Waals surface area (Å²) in [5.41, 5.74) is 4.91. The maximum absolute atomic E-state index is 12.1. The number of aliphatic carboxylic acids is 1. The molecule has 168 valence electrons. The van der Waals surface area contributed by atoms with Crippen molar-refractivity contribution in [3.63, 3.8) is 0 Å². The number of alkyl carbamates (subject to hydrolysis) is 1. The number of aliphatic hydroxyl groups excluding tert-OH is 1. The SMILES string of the molecule is C/C(=C\CNC(=O)OCC1c2ccccc2-c2ccccc21)C(=O)NCC[C@H](O)C(=O)O. The summed E-state index contributed by atoms with van der Waals surface area (Å²) >= 11 is 0. The van der Waals surface area contributed by atoms with E-state index in [0.29, 0.717) is 5.57 Å². The van der Waals surface area contributed by atoms with E-state index >= 15 is 0 Å². The third-order valence-corrected chi connectivity index (χ3v) is 5.34. The van der Waals surface area contributed by atoms with Crippen LogP contribution in [0.2, 0.25) is 0 Å². The number of carboxylic acids is 1. The average Bonchev–Trinajstić information content (AvgIpc) is 3.11. The van der Waals surface area contributed by atoms with Crippen molar-refractivity contribution < 1.29 is 29.3 Å². The molecule has 2 amide bonds. The molecular weight excluding hydrogens is 412 g/mol. The molecule has 0 bridgehead atoms. The number of fused-ring (bicyclic) bond motifs is 3. The van der Waals surface area contributed by atoms with Crippen LogP contribution in [0.25, 0.3) is 11.1 Å². The lowest BCUT2D eigenvalue weighted by molar-refractivity contribution is -0.147. The summed E-state index contributed by atoms with van der Waals surface area (Å²) in [6.07, 6.45) is -0.660. The Morgan fingerprint density at radius 2 is 1.62 bits per heavy atom. The smallest absolute Gasteiger partial charge is 0.407 e. The molecule has 8 heteroatoms. The molecule has 4 N–H and O–H groups in total. The summed E-state index contributed by atoms with van der Waals surface area (Å²) in [5, 5.41) is 22.9. The number of carbonyl (C=O) groups is 3. The Kier molecular flexibility index (Phi) is 7.62. The van der Waals surface area contributed by atoms with Crippen LogP contribution in [0.5, 0.6) is 0 Å². The highest BCUT2D eigenvalue weighted by Crippen LogP contribution is 2.44. The molecule has 1 aliphatic rings. The van der Waals surface area contributed by atoms with Crippen LogP contribution in [-0.4, -0.2) is 54.0 Å². The Morgan fingerprint density at radius 3 is 2.22 bits per heavy atom. The van der Waals surface area contributed by atoms with Crippen LogP contribution >= 0.6 is 0 Å². The van der Waals surface area contributed by atoms with E-state index < -0.39 is 24.1 Å². The van der Waals surface area contributed by atoms with E-state index in [1.807, 2.05) is 36.4 Å². The molecule has 0 fully saturated rings. The first-order valence-electron chi connectivity index (χ1n) is 10.3. The molecule has 0 aliphatic heterocycles. The number of benzene rings is 2. The molecule has 1 aliphatic carbocycles. The number of hydrogen-bond donors (Lipinski definition) is 4. The van der Waals surface area contributed by atoms with E-state index in [1.165, 1.54) is 6.08 Å². The predicted octanol–water partition coefficient (Wildman–Crippen LogP) is 2.42. The van der Waals surface area contributed by atoms with Crippen molar-refractivity contribution in [3.05, 3.63) is 71.3 Å². The predicted molar refractivity (Wildman–Crippen MR) is 118 cm³/mol. The normalized spacial score (nSPS) is 13.6. The van der Waals surface area contributed by atoms with E-state index in [0.717, 1.165) is 22.3 Å². The van der Waals surface area contributed by atoms with Gasteiger partial charge < -0.3 is 25.6 Å². The molecule has 2 aromatic rings. The number of amides is 2. The van der Waals surface area contributed by atoms with E-state index in [1.54, 1.807) is 6.92 Å². The summed E-state index contributed by atoms with van der Waals surface area (Å²) in [5.74, 6) is -1.77. The molecule has 32 heavy (non-hydrogen) atoms. The van der Waals surface area contributed by atoms with Crippen molar-refractivity contribution in [1.29, 1.82) is 0 Å². The minimum atomic E-state index is -1.52. The third-order valence-electron chi connectivity index (χ3n) is 5.34. The maximum atomic E-state index is 12.1. The quantitative estimate of drug-likeness (QED) is 0.446. The van der Waals surface area contributed by atoms with Crippen molar-refractivity contribution in [2.75, 3.05) is 19.7 Å². The summed E-state index contributed by atoms with van der Waals surface area (Å²) < 4.78 is 5.43. The number of carbonyl (C=O) groups excluding carboxylic acids is 2. The van der Waals surface area contributed by atoms with E-state index in [4.69, 9.17) is 9.84 Å². The Hall–Kier alpha value is -3.65. The summed E-state index contributed by atoms with van der Waals surface area (Å²) in [6, 6.07) is 16.1. The van der Waals surface area contributed by atoms with Crippen LogP contribution in [0.3, 0.4) is 0 Å². The Balaban J connectivity index is 1.46. The standard InChI is InChI=1S/C24H26N2O6/c1-15(22(28)25-13-11-21(27)23(29)30)10-12-26-24(31)32-14-20-18-8-4-2-6-16(18)17-7-3-5-9-19(17)20/h2-10,20-21,27H,11-14H2,1H3,(H,25,28)(H,26,31)(H,29,30)/b15-10+/t21-/m0/s1. The first-order valence-corrected chi connectivity index (χ1v) is 10.3. The topological polar surface area (TPSA) is 125 Å². The monoisotopic (exact) mass is 438 g/mol. The van der Waals surface area contributed by atoms with Crippen molar-refractivity contribution in [2.45, 2.75) is 25.4 Å². The number of carboxylic acid groups (broad SMARTS) is 1. The Morgan fingerprint density at radius 1 is 1.03 bits per heavy atom. The van der Waals surface area contributed by atoms with Gasteiger partial charge in [-0.3, -0.25) is 4.79 Å². The molecule has 1 atom stereocenters. The van der Waals surface area contributed by atoms with Crippen LogP contribution in [0.15, 0.2) is 60.2 Å². The van der Waals surface area contributed by atoms with Gasteiger partial charge in [-0.2, -0.15) is 0 Å². The first kappa shape index (κ1) is 23.0. The number of hydrogen-bond acceptors (Lipinski definition) is 5. The van der Waals surface area contributed by atoms with Gasteiger partial charge in [0.2, 0.25) is 5.91 Å². The molecule has 2 aromatic carbocycles. The third kappa shape index (κ3) is 5.53. The van der Waals surface area contributed by atoms with Gasteiger partial charge >= 0.3 is 12.1 Å². The van der Waals surface area contributed by atoms with Gasteiger partial charge in [-0.05, 0) is 29.2 Å². The highest BCUT2D eigenvalue weighted by Gasteiger charge is 2.28. The van der Waals surface area contributed by atoms with Crippen LogP contribution < -0.4 is 10.6 Å². The van der Waals surface area contributed by atoms with Gasteiger partial charge in [-0.25, -0.2) is 9.59 Å². The fraction of sp³-hybridized carbons (Fsp3) is 0.292. The van der Waals surface area contributed by atoms with Crippen LogP contribution in [0.1, 0.15) is 30.4 Å². The molecule has 0 radical (unpaired) electrons. The summed E-state index contributed by atoms with van der Waals surface area (Å²) in [6.45, 7) is 1.91. The van der Waals surface area contributed by atoms with E-state index in [-0.39, 0.29) is 32.0 Å². The molecule has 0 saturated heterocycles. The highest BCUT2D eigenvalue weighted by atomic mass is 16.5. The molecule has 3 rings (SSSR count). The van der Waals surface area contributed by atoms with E-state index in [2.05, 4.69) is 22.8 Å². The maximum Gasteiger partial charge on any atom is 0.407 e. The lowest BCUT2D eigenvalue weighted by Gasteiger charge is -2.14. The van der Waals surface area contributed by atoms with Gasteiger partial charge in [0.25, 0.3) is 0 Å². The van der Waals surface area contributed by atoms with Gasteiger partial charge in [0.15, 0.2) is 6.10 Å². The van der Waals surface area contributed by atoms with Gasteiger partial charge in [0, 0.05) is 31.0 Å². The summed E-state index contributed by atoms with van der Waals surface area (Å²) in [4.78, 5) is 34.6. The van der Waals surface area contributed by atoms with Gasteiger partial charge in [-0.1, -0.05) is 54.6 Å². The molecule has 0 aromatic heterocycles. The van der Waals surface area contributed by atoms with Crippen molar-refractivity contribution in [3.8, 4) is 11.1 Å². The second-order valence-corrected chi connectivity index (χ2v) is 7.49. The van der Waals surface area contributed by atoms with Crippen LogP contribution in [-0.2, 0) is 14.3 Å². The van der Waals surface area contributed by atoms with Crippen LogP contribution in [0.4, 0.5) is 4.79 Å². The fourth-order valence-corrected chi connectivity index (χ4v) is 3.61. The lowest BCUT2D eigenvalue weighted by atomic mass is 9.98. The van der Waals surface area contributed by atoms with Crippen molar-refractivity contribution in [2.24, 2.45) is 0 Å². The Bertz CT molecular complexity index is 987. The zero-order valence-corrected chi connectivity index (χ0v) is 17.7. The Labute approximate surface area is 185 Å². The molecule has 0 unspecified atom stereocenters. The molecule has 0 saturated carbocycles. The number of ether oxygens (including phenoxy) is 1. The minimum Gasteiger partial charge on any atom is -0.479 e. The number of rotatable bonds is 9. The van der Waals surface area contributed by atoms with Gasteiger partial charge in [0.1, 0.15) is 6.61 Å². The molecular formula is C24H26N2O6. The number of aliphatic hydroxyl groups is 1. The van der Waals surface area contributed by atoms with Crippen LogP contribution in [0, 0.1) is 0 Å². The largest absolute Gasteiger partial charge is 0.479 e. The average molecular weight is 438 g/mol. The zero-order chi connectivity index (χ0) is 23.1. The zero-order valence-electron chi connectivity index (χ0n) is 17.7. The first-order chi connectivity index (χ1) is 15.4. The minimum absolute atomic E-state index is 0.0251. The van der Waals surface area contributed by atoms with Gasteiger partial charge in [-0.15, -0.1) is 0 Å². The highest BCUT2D eigenvalue weighted by molar-refractivity contribution is 5.92.